The molecule has 0 bridgehead atoms. The van der Waals surface area contributed by atoms with Crippen LogP contribution in [-0.2, 0) is 0 Å². The van der Waals surface area contributed by atoms with Crippen molar-refractivity contribution in [3.8, 4) is 0 Å². The van der Waals surface area contributed by atoms with Crippen molar-refractivity contribution in [2.45, 2.75) is 46.0 Å². The molecule has 0 aromatic heterocycles. The minimum absolute atomic E-state index is 0.668. The molecular formula is C12H23N. The minimum atomic E-state index is 0.668. The summed E-state index contributed by atoms with van der Waals surface area (Å²) in [7, 11) is 0. The van der Waals surface area contributed by atoms with Crippen LogP contribution in [0, 0.1) is 17.3 Å². The Kier molecular flexibility index (Phi) is 2.64. The van der Waals surface area contributed by atoms with Crippen LogP contribution in [0.2, 0.25) is 0 Å². The molecule has 1 N–H and O–H groups in total. The van der Waals surface area contributed by atoms with E-state index in [4.69, 9.17) is 0 Å². The molecule has 1 aliphatic heterocycles. The predicted molar refractivity (Wildman–Crippen MR) is 56.7 cm³/mol. The van der Waals surface area contributed by atoms with Crippen LogP contribution in [0.4, 0.5) is 0 Å². The maximum absolute atomic E-state index is 3.53. The third kappa shape index (κ3) is 2.07. The molecule has 0 amide bonds. The Morgan fingerprint density at radius 2 is 2.15 bits per heavy atom. The van der Waals surface area contributed by atoms with Gasteiger partial charge in [-0.15, -0.1) is 0 Å². The molecule has 0 aromatic rings. The van der Waals surface area contributed by atoms with Gasteiger partial charge in [0.05, 0.1) is 0 Å². The second kappa shape index (κ2) is 3.61. The van der Waals surface area contributed by atoms with E-state index in [2.05, 4.69) is 19.2 Å². The normalized spacial score (nSPS) is 40.6. The van der Waals surface area contributed by atoms with Crippen molar-refractivity contribution in [1.82, 2.24) is 5.32 Å². The van der Waals surface area contributed by atoms with Gasteiger partial charge in [0.25, 0.3) is 0 Å². The number of piperidine rings is 1. The topological polar surface area (TPSA) is 12.0 Å². The number of hydrogen-bond donors (Lipinski definition) is 1. The van der Waals surface area contributed by atoms with Crippen molar-refractivity contribution in [3.05, 3.63) is 0 Å². The van der Waals surface area contributed by atoms with Crippen LogP contribution in [0.3, 0.4) is 0 Å². The van der Waals surface area contributed by atoms with E-state index in [9.17, 15) is 0 Å². The van der Waals surface area contributed by atoms with E-state index in [1.54, 1.807) is 0 Å². The molecule has 1 heteroatoms. The van der Waals surface area contributed by atoms with Gasteiger partial charge >= 0.3 is 0 Å². The fourth-order valence-corrected chi connectivity index (χ4v) is 2.99. The number of nitrogens with one attached hydrogen (secondary N) is 1. The first kappa shape index (κ1) is 9.51. The highest BCUT2D eigenvalue weighted by molar-refractivity contribution is 4.92. The molecule has 0 aromatic carbocycles. The van der Waals surface area contributed by atoms with Crippen molar-refractivity contribution in [1.29, 1.82) is 0 Å². The van der Waals surface area contributed by atoms with Crippen molar-refractivity contribution in [2.24, 2.45) is 17.3 Å². The summed E-state index contributed by atoms with van der Waals surface area (Å²) in [5.74, 6) is 2.03. The molecule has 13 heavy (non-hydrogen) atoms. The molecule has 0 radical (unpaired) electrons. The molecule has 2 rings (SSSR count). The smallest absolute Gasteiger partial charge is 0.00154 e. The average Bonchev–Trinajstić information content (AvgIpc) is 2.88. The lowest BCUT2D eigenvalue weighted by molar-refractivity contribution is 0.106. The highest BCUT2D eigenvalue weighted by Crippen LogP contribution is 2.47. The molecule has 2 fully saturated rings. The van der Waals surface area contributed by atoms with Gasteiger partial charge in [-0.1, -0.05) is 33.1 Å². The third-order valence-electron chi connectivity index (χ3n) is 4.19. The summed E-state index contributed by atoms with van der Waals surface area (Å²) in [6.07, 6.45) is 7.30. The number of hydrogen-bond acceptors (Lipinski definition) is 1. The van der Waals surface area contributed by atoms with Crippen LogP contribution in [-0.4, -0.2) is 13.1 Å². The van der Waals surface area contributed by atoms with Gasteiger partial charge in [-0.05, 0) is 43.2 Å². The van der Waals surface area contributed by atoms with Crippen molar-refractivity contribution < 1.29 is 0 Å². The van der Waals surface area contributed by atoms with E-state index >= 15 is 0 Å². The summed E-state index contributed by atoms with van der Waals surface area (Å²) < 4.78 is 0. The minimum Gasteiger partial charge on any atom is -0.316 e. The second-order valence-electron chi connectivity index (χ2n) is 5.36. The van der Waals surface area contributed by atoms with Crippen LogP contribution in [0.1, 0.15) is 46.0 Å². The fourth-order valence-electron chi connectivity index (χ4n) is 2.99. The Morgan fingerprint density at radius 1 is 1.38 bits per heavy atom. The van der Waals surface area contributed by atoms with Gasteiger partial charge in [-0.25, -0.2) is 0 Å². The first-order valence-corrected chi connectivity index (χ1v) is 5.95. The SMILES string of the molecule is CCC1CNCCC1(C)CC1CC1. The Labute approximate surface area is 82.3 Å². The summed E-state index contributed by atoms with van der Waals surface area (Å²) in [5.41, 5.74) is 0.668. The molecule has 2 unspecified atom stereocenters. The lowest BCUT2D eigenvalue weighted by atomic mass is 9.68. The maximum atomic E-state index is 3.53. The molecule has 1 saturated heterocycles. The molecule has 2 atom stereocenters. The Morgan fingerprint density at radius 3 is 2.77 bits per heavy atom. The van der Waals surface area contributed by atoms with Crippen LogP contribution in [0.15, 0.2) is 0 Å². The van der Waals surface area contributed by atoms with Crippen LogP contribution in [0.25, 0.3) is 0 Å². The fraction of sp³-hybridized carbons (Fsp3) is 1.00. The number of rotatable bonds is 3. The van der Waals surface area contributed by atoms with Gasteiger partial charge in [0.15, 0.2) is 0 Å². The first-order valence-electron chi connectivity index (χ1n) is 5.95. The lowest BCUT2D eigenvalue weighted by Gasteiger charge is -2.42. The zero-order valence-corrected chi connectivity index (χ0v) is 9.10. The highest BCUT2D eigenvalue weighted by Gasteiger charge is 2.39. The summed E-state index contributed by atoms with van der Waals surface area (Å²) >= 11 is 0. The zero-order valence-electron chi connectivity index (χ0n) is 9.10. The predicted octanol–water partition coefficient (Wildman–Crippen LogP) is 2.81. The third-order valence-corrected chi connectivity index (χ3v) is 4.19. The molecule has 0 spiro atoms. The highest BCUT2D eigenvalue weighted by atomic mass is 14.9. The summed E-state index contributed by atoms with van der Waals surface area (Å²) in [6.45, 7) is 7.39. The maximum Gasteiger partial charge on any atom is -0.00154 e. The monoisotopic (exact) mass is 181 g/mol. The van der Waals surface area contributed by atoms with Gasteiger partial charge in [0.2, 0.25) is 0 Å². The molecule has 2 aliphatic rings. The van der Waals surface area contributed by atoms with Crippen molar-refractivity contribution in [3.63, 3.8) is 0 Å². The standard InChI is InChI=1S/C12H23N/c1-3-11-9-13-7-6-12(11,2)8-10-4-5-10/h10-11,13H,3-9H2,1-2H3. The Balaban J connectivity index is 1.96. The van der Waals surface area contributed by atoms with Crippen molar-refractivity contribution >= 4 is 0 Å². The van der Waals surface area contributed by atoms with Gasteiger partial charge in [0.1, 0.15) is 0 Å². The van der Waals surface area contributed by atoms with E-state index in [0.29, 0.717) is 5.41 Å². The molecule has 1 heterocycles. The van der Waals surface area contributed by atoms with Gasteiger partial charge in [-0.2, -0.15) is 0 Å². The van der Waals surface area contributed by atoms with Gasteiger partial charge in [-0.3, -0.25) is 0 Å². The van der Waals surface area contributed by atoms with Crippen molar-refractivity contribution in [2.75, 3.05) is 13.1 Å². The quantitative estimate of drug-likeness (QED) is 0.706. The molecule has 76 valence electrons. The Hall–Kier alpha value is -0.0400. The van der Waals surface area contributed by atoms with E-state index in [1.165, 1.54) is 45.2 Å². The van der Waals surface area contributed by atoms with Gasteiger partial charge in [0, 0.05) is 0 Å². The molecule has 1 saturated carbocycles. The van der Waals surface area contributed by atoms with E-state index in [1.807, 2.05) is 0 Å². The lowest BCUT2D eigenvalue weighted by Crippen LogP contribution is -2.43. The summed E-state index contributed by atoms with van der Waals surface area (Å²) in [5, 5.41) is 3.53. The van der Waals surface area contributed by atoms with E-state index < -0.39 is 0 Å². The van der Waals surface area contributed by atoms with Crippen LogP contribution < -0.4 is 5.32 Å². The zero-order chi connectivity index (χ0) is 9.31. The molecule has 1 aliphatic carbocycles. The van der Waals surface area contributed by atoms with Gasteiger partial charge < -0.3 is 5.32 Å². The first-order chi connectivity index (χ1) is 6.24. The Bertz CT molecular complexity index is 174. The summed E-state index contributed by atoms with van der Waals surface area (Å²) in [4.78, 5) is 0. The average molecular weight is 181 g/mol. The van der Waals surface area contributed by atoms with E-state index in [0.717, 1.165) is 11.8 Å². The molecule has 1 nitrogen and oxygen atoms in total. The van der Waals surface area contributed by atoms with Crippen LogP contribution in [0.5, 0.6) is 0 Å². The summed E-state index contributed by atoms with van der Waals surface area (Å²) in [6, 6.07) is 0. The van der Waals surface area contributed by atoms with Crippen LogP contribution >= 0.6 is 0 Å². The largest absolute Gasteiger partial charge is 0.316 e. The van der Waals surface area contributed by atoms with E-state index in [-0.39, 0.29) is 0 Å². The second-order valence-corrected chi connectivity index (χ2v) is 5.36. The molecular weight excluding hydrogens is 158 g/mol.